The van der Waals surface area contributed by atoms with E-state index < -0.39 is 0 Å². The first-order valence-electron chi connectivity index (χ1n) is 7.28. The highest BCUT2D eigenvalue weighted by Crippen LogP contribution is 2.29. The lowest BCUT2D eigenvalue weighted by molar-refractivity contribution is -0.122. The number of hydrogen-bond donors (Lipinski definition) is 1. The average molecular weight is 274 g/mol. The SMILES string of the molecule is O=C(CCC1CCCCO1)NCC1CCCC1Cl. The Labute approximate surface area is 115 Å². The summed E-state index contributed by atoms with van der Waals surface area (Å²) in [5, 5.41) is 3.27. The Bertz CT molecular complexity index is 267. The third-order valence-electron chi connectivity index (χ3n) is 4.10. The summed E-state index contributed by atoms with van der Waals surface area (Å²) in [6.07, 6.45) is 8.72. The fourth-order valence-electron chi connectivity index (χ4n) is 2.88. The van der Waals surface area contributed by atoms with Crippen molar-refractivity contribution in [2.24, 2.45) is 5.92 Å². The van der Waals surface area contributed by atoms with Crippen LogP contribution in [-0.4, -0.2) is 30.5 Å². The van der Waals surface area contributed by atoms with Crippen LogP contribution in [0.3, 0.4) is 0 Å². The first kappa shape index (κ1) is 14.1. The summed E-state index contributed by atoms with van der Waals surface area (Å²) >= 11 is 6.19. The summed E-state index contributed by atoms with van der Waals surface area (Å²) in [4.78, 5) is 11.7. The van der Waals surface area contributed by atoms with Crippen LogP contribution in [0.4, 0.5) is 0 Å². The molecule has 1 aliphatic carbocycles. The number of halogens is 1. The van der Waals surface area contributed by atoms with Crippen molar-refractivity contribution in [3.8, 4) is 0 Å². The van der Waals surface area contributed by atoms with Gasteiger partial charge in [-0.1, -0.05) is 6.42 Å². The maximum atomic E-state index is 11.7. The topological polar surface area (TPSA) is 38.3 Å². The Balaban J connectivity index is 1.57. The van der Waals surface area contributed by atoms with Gasteiger partial charge in [0.25, 0.3) is 0 Å². The number of carbonyl (C=O) groups is 1. The predicted molar refractivity (Wildman–Crippen MR) is 72.8 cm³/mol. The van der Waals surface area contributed by atoms with Crippen LogP contribution in [0.1, 0.15) is 51.4 Å². The molecule has 0 aromatic heterocycles. The van der Waals surface area contributed by atoms with Crippen LogP contribution >= 0.6 is 11.6 Å². The molecule has 2 aliphatic rings. The van der Waals surface area contributed by atoms with Gasteiger partial charge in [0.05, 0.1) is 6.10 Å². The molecule has 0 spiro atoms. The van der Waals surface area contributed by atoms with Gasteiger partial charge in [-0.3, -0.25) is 4.79 Å². The summed E-state index contributed by atoms with van der Waals surface area (Å²) in [6.45, 7) is 1.61. The second-order valence-electron chi connectivity index (χ2n) is 5.54. The van der Waals surface area contributed by atoms with Gasteiger partial charge in [-0.05, 0) is 44.4 Å². The first-order valence-corrected chi connectivity index (χ1v) is 7.71. The third-order valence-corrected chi connectivity index (χ3v) is 4.67. The highest BCUT2D eigenvalue weighted by atomic mass is 35.5. The van der Waals surface area contributed by atoms with Crippen LogP contribution in [-0.2, 0) is 9.53 Å². The molecule has 0 radical (unpaired) electrons. The molecule has 1 saturated heterocycles. The number of amides is 1. The quantitative estimate of drug-likeness (QED) is 0.783. The van der Waals surface area contributed by atoms with E-state index in [1.807, 2.05) is 0 Å². The molecule has 1 N–H and O–H groups in total. The van der Waals surface area contributed by atoms with E-state index in [9.17, 15) is 4.79 Å². The minimum absolute atomic E-state index is 0.153. The number of hydrogen-bond acceptors (Lipinski definition) is 2. The summed E-state index contributed by atoms with van der Waals surface area (Å²) in [7, 11) is 0. The van der Waals surface area contributed by atoms with Crippen LogP contribution in [0.15, 0.2) is 0 Å². The van der Waals surface area contributed by atoms with E-state index in [0.29, 0.717) is 18.4 Å². The Morgan fingerprint density at radius 3 is 2.78 bits per heavy atom. The Hall–Kier alpha value is -0.280. The van der Waals surface area contributed by atoms with Gasteiger partial charge in [-0.2, -0.15) is 0 Å². The van der Waals surface area contributed by atoms with Crippen LogP contribution < -0.4 is 5.32 Å². The summed E-state index contributed by atoms with van der Waals surface area (Å²) in [5.41, 5.74) is 0. The van der Waals surface area contributed by atoms with Crippen LogP contribution in [0.5, 0.6) is 0 Å². The fraction of sp³-hybridized carbons (Fsp3) is 0.929. The molecule has 3 nitrogen and oxygen atoms in total. The average Bonchev–Trinajstić information content (AvgIpc) is 2.81. The van der Waals surface area contributed by atoms with Gasteiger partial charge in [-0.15, -0.1) is 11.6 Å². The summed E-state index contributed by atoms with van der Waals surface area (Å²) < 4.78 is 5.62. The highest BCUT2D eigenvalue weighted by Gasteiger charge is 2.25. The predicted octanol–water partition coefficient (Wildman–Crippen LogP) is 2.86. The number of alkyl halides is 1. The van der Waals surface area contributed by atoms with Crippen molar-refractivity contribution in [3.05, 3.63) is 0 Å². The van der Waals surface area contributed by atoms with Crippen molar-refractivity contribution in [2.45, 2.75) is 62.8 Å². The van der Waals surface area contributed by atoms with E-state index in [2.05, 4.69) is 5.32 Å². The number of carbonyl (C=O) groups excluding carboxylic acids is 1. The first-order chi connectivity index (χ1) is 8.75. The molecule has 0 aromatic carbocycles. The third kappa shape index (κ3) is 4.43. The zero-order valence-corrected chi connectivity index (χ0v) is 11.8. The Morgan fingerprint density at radius 2 is 2.11 bits per heavy atom. The van der Waals surface area contributed by atoms with E-state index in [-0.39, 0.29) is 11.3 Å². The molecule has 1 saturated carbocycles. The lowest BCUT2D eigenvalue weighted by atomic mass is 10.0. The number of rotatable bonds is 5. The smallest absolute Gasteiger partial charge is 0.220 e. The molecule has 0 bridgehead atoms. The summed E-state index contributed by atoms with van der Waals surface area (Å²) in [5.74, 6) is 0.626. The Kier molecular flexibility index (Phi) is 5.77. The zero-order chi connectivity index (χ0) is 12.8. The molecule has 3 atom stereocenters. The number of nitrogens with one attached hydrogen (secondary N) is 1. The molecule has 2 fully saturated rings. The molecule has 3 unspecified atom stereocenters. The molecular formula is C14H24ClNO2. The lowest BCUT2D eigenvalue weighted by Crippen LogP contribution is -2.32. The van der Waals surface area contributed by atoms with E-state index in [4.69, 9.17) is 16.3 Å². The van der Waals surface area contributed by atoms with Crippen LogP contribution in [0.25, 0.3) is 0 Å². The Morgan fingerprint density at radius 1 is 1.22 bits per heavy atom. The van der Waals surface area contributed by atoms with Gasteiger partial charge < -0.3 is 10.1 Å². The minimum atomic E-state index is 0.153. The van der Waals surface area contributed by atoms with Crippen molar-refractivity contribution < 1.29 is 9.53 Å². The molecule has 4 heteroatoms. The van der Waals surface area contributed by atoms with Gasteiger partial charge in [0.2, 0.25) is 5.91 Å². The van der Waals surface area contributed by atoms with Crippen molar-refractivity contribution >= 4 is 17.5 Å². The van der Waals surface area contributed by atoms with E-state index in [0.717, 1.165) is 38.8 Å². The van der Waals surface area contributed by atoms with Crippen LogP contribution in [0.2, 0.25) is 0 Å². The van der Waals surface area contributed by atoms with Crippen molar-refractivity contribution in [1.82, 2.24) is 5.32 Å². The van der Waals surface area contributed by atoms with Gasteiger partial charge in [0.15, 0.2) is 0 Å². The molecule has 1 amide bonds. The number of ether oxygens (including phenoxy) is 1. The molecule has 104 valence electrons. The van der Waals surface area contributed by atoms with Gasteiger partial charge in [-0.25, -0.2) is 0 Å². The van der Waals surface area contributed by atoms with Gasteiger partial charge in [0, 0.05) is 24.9 Å². The van der Waals surface area contributed by atoms with Crippen LogP contribution in [0, 0.1) is 5.92 Å². The lowest BCUT2D eigenvalue weighted by Gasteiger charge is -2.22. The van der Waals surface area contributed by atoms with E-state index >= 15 is 0 Å². The van der Waals surface area contributed by atoms with Crippen molar-refractivity contribution in [1.29, 1.82) is 0 Å². The zero-order valence-electron chi connectivity index (χ0n) is 11.0. The van der Waals surface area contributed by atoms with Gasteiger partial charge in [0.1, 0.15) is 0 Å². The van der Waals surface area contributed by atoms with Crippen molar-refractivity contribution in [2.75, 3.05) is 13.2 Å². The maximum absolute atomic E-state index is 11.7. The standard InChI is InChI=1S/C14H24ClNO2/c15-13-6-3-4-11(13)10-16-14(17)8-7-12-5-1-2-9-18-12/h11-13H,1-10H2,(H,16,17). The van der Waals surface area contributed by atoms with E-state index in [1.54, 1.807) is 0 Å². The maximum Gasteiger partial charge on any atom is 0.220 e. The monoisotopic (exact) mass is 273 g/mol. The molecule has 1 aliphatic heterocycles. The van der Waals surface area contributed by atoms with E-state index in [1.165, 1.54) is 19.3 Å². The summed E-state index contributed by atoms with van der Waals surface area (Å²) in [6, 6.07) is 0. The molecule has 0 aromatic rings. The van der Waals surface area contributed by atoms with Gasteiger partial charge >= 0.3 is 0 Å². The molecule has 2 rings (SSSR count). The molecule has 1 heterocycles. The molecule has 18 heavy (non-hydrogen) atoms. The second-order valence-corrected chi connectivity index (χ2v) is 6.10. The normalized spacial score (nSPS) is 32.4. The van der Waals surface area contributed by atoms with Crippen molar-refractivity contribution in [3.63, 3.8) is 0 Å². The largest absolute Gasteiger partial charge is 0.378 e. The minimum Gasteiger partial charge on any atom is -0.378 e. The molecular weight excluding hydrogens is 250 g/mol. The fourth-order valence-corrected chi connectivity index (χ4v) is 3.25. The highest BCUT2D eigenvalue weighted by molar-refractivity contribution is 6.20. The second kappa shape index (κ2) is 7.34.